The van der Waals surface area contributed by atoms with Crippen LogP contribution < -0.4 is 10.1 Å². The number of carbonyl (C=O) groups excluding carboxylic acids is 2. The number of aryl methyl sites for hydroxylation is 1. The molecule has 0 unspecified atom stereocenters. The van der Waals surface area contributed by atoms with Crippen LogP contribution in [0.5, 0.6) is 5.75 Å². The van der Waals surface area contributed by atoms with Crippen molar-refractivity contribution in [2.24, 2.45) is 0 Å². The number of ether oxygens (including phenoxy) is 1. The molecule has 6 rings (SSSR count). The molecule has 2 N–H and O–H groups in total. The van der Waals surface area contributed by atoms with Crippen molar-refractivity contribution in [3.8, 4) is 5.75 Å². The van der Waals surface area contributed by atoms with Crippen molar-refractivity contribution in [3.05, 3.63) is 101 Å². The minimum absolute atomic E-state index is 0.000316. The monoisotopic (exact) mass is 563 g/mol. The number of nitrogens with zero attached hydrogens (tertiary/aromatic N) is 3. The number of hydrogen-bond donors (Lipinski definition) is 2. The van der Waals surface area contributed by atoms with Gasteiger partial charge in [-0.1, -0.05) is 42.3 Å². The SMILES string of the molecule is Cc1ccc(Cn2cc(C(=O)NC3=CCC(=O)C(c4cc5cc(OCCCN6CCCCC6)ccc5[nH]4)=C3)cn2)cc1. The summed E-state index contributed by atoms with van der Waals surface area (Å²) >= 11 is 0. The molecule has 1 saturated heterocycles. The van der Waals surface area contributed by atoms with E-state index in [1.54, 1.807) is 29.2 Å². The molecule has 0 atom stereocenters. The van der Waals surface area contributed by atoms with Crippen LogP contribution in [0.4, 0.5) is 0 Å². The van der Waals surface area contributed by atoms with Crippen molar-refractivity contribution in [2.75, 3.05) is 26.2 Å². The number of carbonyl (C=O) groups is 2. The number of Topliss-reactive ketones (excluding diaryl/α,β-unsaturated/α-hetero) is 1. The lowest BCUT2D eigenvalue weighted by atomic mass is 9.98. The molecule has 2 aliphatic rings. The minimum Gasteiger partial charge on any atom is -0.494 e. The van der Waals surface area contributed by atoms with Gasteiger partial charge in [0.1, 0.15) is 5.75 Å². The summed E-state index contributed by atoms with van der Waals surface area (Å²) in [4.78, 5) is 31.7. The summed E-state index contributed by atoms with van der Waals surface area (Å²) in [6.07, 6.45) is 12.0. The number of H-pyrrole nitrogens is 1. The smallest absolute Gasteiger partial charge is 0.258 e. The number of amides is 1. The lowest BCUT2D eigenvalue weighted by Crippen LogP contribution is -2.31. The summed E-state index contributed by atoms with van der Waals surface area (Å²) in [7, 11) is 0. The normalized spacial score (nSPS) is 15.9. The van der Waals surface area contributed by atoms with E-state index in [2.05, 4.69) is 51.5 Å². The van der Waals surface area contributed by atoms with Crippen molar-refractivity contribution in [3.63, 3.8) is 0 Å². The van der Waals surface area contributed by atoms with E-state index in [0.717, 1.165) is 40.9 Å². The van der Waals surface area contributed by atoms with Gasteiger partial charge in [-0.2, -0.15) is 5.10 Å². The van der Waals surface area contributed by atoms with Gasteiger partial charge in [-0.15, -0.1) is 0 Å². The number of rotatable bonds is 10. The van der Waals surface area contributed by atoms with Crippen molar-refractivity contribution < 1.29 is 14.3 Å². The van der Waals surface area contributed by atoms with Crippen LogP contribution in [-0.4, -0.2) is 57.6 Å². The van der Waals surface area contributed by atoms with Crippen molar-refractivity contribution in [1.29, 1.82) is 0 Å². The second kappa shape index (κ2) is 12.6. The Morgan fingerprint density at radius 2 is 1.90 bits per heavy atom. The maximum absolute atomic E-state index is 13.0. The quantitative estimate of drug-likeness (QED) is 0.244. The number of hydrogen-bond acceptors (Lipinski definition) is 5. The topological polar surface area (TPSA) is 92.2 Å². The van der Waals surface area contributed by atoms with E-state index in [1.165, 1.54) is 37.9 Å². The Hall–Kier alpha value is -4.43. The average Bonchev–Trinajstić information content (AvgIpc) is 3.65. The molecule has 8 heteroatoms. The molecule has 1 aliphatic heterocycles. The highest BCUT2D eigenvalue weighted by atomic mass is 16.5. The Morgan fingerprint density at radius 3 is 2.74 bits per heavy atom. The van der Waals surface area contributed by atoms with Crippen LogP contribution in [0.2, 0.25) is 0 Å². The Kier molecular flexibility index (Phi) is 8.33. The largest absolute Gasteiger partial charge is 0.494 e. The lowest BCUT2D eigenvalue weighted by molar-refractivity contribution is -0.113. The molecule has 2 aromatic heterocycles. The number of piperidine rings is 1. The standard InChI is InChI=1S/C34H37N5O3/c1-24-6-8-25(9-7-24)22-39-23-27(21-35-39)34(41)36-28-10-13-33(40)30(20-28)32-19-26-18-29(11-12-31(26)37-32)42-17-5-16-38-14-3-2-4-15-38/h6-12,18-21,23,37H,2-5,13-17,22H2,1H3,(H,36,41). The second-order valence-corrected chi connectivity index (χ2v) is 11.2. The molecule has 8 nitrogen and oxygen atoms in total. The summed E-state index contributed by atoms with van der Waals surface area (Å²) in [6, 6.07) is 16.2. The van der Waals surface area contributed by atoms with E-state index in [0.29, 0.717) is 30.0 Å². The third-order valence-electron chi connectivity index (χ3n) is 7.94. The highest BCUT2D eigenvalue weighted by Gasteiger charge is 2.20. The fourth-order valence-corrected chi connectivity index (χ4v) is 5.58. The van der Waals surface area contributed by atoms with E-state index in [1.807, 2.05) is 24.3 Å². The van der Waals surface area contributed by atoms with Crippen molar-refractivity contribution in [1.82, 2.24) is 25.0 Å². The van der Waals surface area contributed by atoms with Gasteiger partial charge in [0.15, 0.2) is 5.78 Å². The second-order valence-electron chi connectivity index (χ2n) is 11.2. The predicted molar refractivity (Wildman–Crippen MR) is 164 cm³/mol. The molecule has 0 saturated carbocycles. The number of nitrogens with one attached hydrogen (secondary N) is 2. The Bertz CT molecular complexity index is 1640. The molecule has 2 aromatic carbocycles. The molecule has 0 radical (unpaired) electrons. The molecule has 0 spiro atoms. The molecule has 1 amide bonds. The van der Waals surface area contributed by atoms with Crippen molar-refractivity contribution >= 4 is 28.2 Å². The number of likely N-dealkylation sites (tertiary alicyclic amines) is 1. The van der Waals surface area contributed by atoms with Gasteiger partial charge in [0.25, 0.3) is 5.91 Å². The van der Waals surface area contributed by atoms with Crippen LogP contribution in [0, 0.1) is 6.92 Å². The van der Waals surface area contributed by atoms with Gasteiger partial charge in [0.05, 0.1) is 30.6 Å². The first-order valence-electron chi connectivity index (χ1n) is 14.8. The predicted octanol–water partition coefficient (Wildman–Crippen LogP) is 5.65. The molecule has 42 heavy (non-hydrogen) atoms. The number of benzene rings is 2. The van der Waals surface area contributed by atoms with Gasteiger partial charge in [0, 0.05) is 41.3 Å². The molecule has 3 heterocycles. The molecule has 0 bridgehead atoms. The summed E-state index contributed by atoms with van der Waals surface area (Å²) < 4.78 is 7.78. The van der Waals surface area contributed by atoms with E-state index < -0.39 is 0 Å². The van der Waals surface area contributed by atoms with Gasteiger partial charge in [-0.25, -0.2) is 0 Å². The highest BCUT2D eigenvalue weighted by Crippen LogP contribution is 2.28. The fourth-order valence-electron chi connectivity index (χ4n) is 5.58. The molecule has 4 aromatic rings. The fraction of sp³-hybridized carbons (Fsp3) is 0.324. The van der Waals surface area contributed by atoms with Gasteiger partial charge in [0.2, 0.25) is 0 Å². The van der Waals surface area contributed by atoms with Gasteiger partial charge in [-0.05, 0) is 75.2 Å². The zero-order valence-corrected chi connectivity index (χ0v) is 24.1. The average molecular weight is 564 g/mol. The molecule has 1 fully saturated rings. The first kappa shape index (κ1) is 27.7. The van der Waals surface area contributed by atoms with Gasteiger partial charge in [-0.3, -0.25) is 14.3 Å². The van der Waals surface area contributed by atoms with Crippen LogP contribution in [0.15, 0.2) is 78.8 Å². The summed E-state index contributed by atoms with van der Waals surface area (Å²) in [5.41, 5.74) is 5.57. The molecular formula is C34H37N5O3. The van der Waals surface area contributed by atoms with Crippen LogP contribution in [0.3, 0.4) is 0 Å². The van der Waals surface area contributed by atoms with E-state index in [4.69, 9.17) is 4.74 Å². The number of aromatic nitrogens is 3. The molecule has 1 aliphatic carbocycles. The zero-order chi connectivity index (χ0) is 28.9. The highest BCUT2D eigenvalue weighted by molar-refractivity contribution is 6.23. The van der Waals surface area contributed by atoms with Crippen LogP contribution in [-0.2, 0) is 11.3 Å². The number of ketones is 1. The van der Waals surface area contributed by atoms with Crippen LogP contribution in [0.25, 0.3) is 16.5 Å². The maximum atomic E-state index is 13.0. The lowest BCUT2D eigenvalue weighted by Gasteiger charge is -2.26. The Labute approximate surface area is 246 Å². The minimum atomic E-state index is -0.264. The number of fused-ring (bicyclic) bond motifs is 1. The number of allylic oxidation sites excluding steroid dienone is 3. The third-order valence-corrected chi connectivity index (χ3v) is 7.94. The third kappa shape index (κ3) is 6.71. The zero-order valence-electron chi connectivity index (χ0n) is 24.1. The van der Waals surface area contributed by atoms with E-state index in [9.17, 15) is 9.59 Å². The first-order valence-corrected chi connectivity index (χ1v) is 14.8. The van der Waals surface area contributed by atoms with E-state index >= 15 is 0 Å². The Morgan fingerprint density at radius 1 is 1.07 bits per heavy atom. The molecular weight excluding hydrogens is 526 g/mol. The molecule has 216 valence electrons. The Balaban J connectivity index is 1.08. The first-order chi connectivity index (χ1) is 20.5. The van der Waals surface area contributed by atoms with Crippen molar-refractivity contribution in [2.45, 2.75) is 45.6 Å². The van der Waals surface area contributed by atoms with E-state index in [-0.39, 0.29) is 18.1 Å². The van der Waals surface area contributed by atoms with Gasteiger partial charge >= 0.3 is 0 Å². The number of aromatic amines is 1. The van der Waals surface area contributed by atoms with Crippen LogP contribution in [0.1, 0.15) is 59.3 Å². The maximum Gasteiger partial charge on any atom is 0.258 e. The summed E-state index contributed by atoms with van der Waals surface area (Å²) in [5, 5.41) is 8.27. The van der Waals surface area contributed by atoms with Crippen LogP contribution >= 0.6 is 0 Å². The summed E-state index contributed by atoms with van der Waals surface area (Å²) in [5.74, 6) is 0.561. The van der Waals surface area contributed by atoms with Gasteiger partial charge < -0.3 is 19.9 Å². The summed E-state index contributed by atoms with van der Waals surface area (Å²) in [6.45, 7) is 6.80.